The molecule has 34 heavy (non-hydrogen) atoms. The highest BCUT2D eigenvalue weighted by Gasteiger charge is 2.13. The van der Waals surface area contributed by atoms with Crippen LogP contribution in [0.5, 0.6) is 0 Å². The lowest BCUT2D eigenvalue weighted by Gasteiger charge is -2.26. The number of nitrogens with zero attached hydrogens (tertiary/aromatic N) is 4. The van der Waals surface area contributed by atoms with Gasteiger partial charge in [-0.15, -0.1) is 11.3 Å². The molecule has 0 radical (unpaired) electrons. The molecular weight excluding hydrogens is 472 g/mol. The molecule has 1 atom stereocenters. The lowest BCUT2D eigenvalue weighted by atomic mass is 10.2. The fraction of sp³-hybridized carbons (Fsp3) is 0.391. The number of hydrogen-bond acceptors (Lipinski definition) is 11. The molecule has 0 spiro atoms. The molecule has 9 nitrogen and oxygen atoms in total. The number of rotatable bonds is 10. The summed E-state index contributed by atoms with van der Waals surface area (Å²) in [7, 11) is -1.40. The summed E-state index contributed by atoms with van der Waals surface area (Å²) in [5, 5.41) is 17.9. The third-order valence-corrected chi connectivity index (χ3v) is 7.27. The van der Waals surface area contributed by atoms with Crippen molar-refractivity contribution < 1.29 is 14.1 Å². The molecule has 0 amide bonds. The van der Waals surface area contributed by atoms with Crippen LogP contribution in [0.1, 0.15) is 6.92 Å². The van der Waals surface area contributed by atoms with E-state index in [9.17, 15) is 9.32 Å². The van der Waals surface area contributed by atoms with Gasteiger partial charge in [0.1, 0.15) is 5.82 Å². The Balaban J connectivity index is 1.41. The van der Waals surface area contributed by atoms with E-state index in [0.717, 1.165) is 49.0 Å². The normalized spacial score (nSPS) is 16.3. The Labute approximate surface area is 205 Å². The van der Waals surface area contributed by atoms with Crippen molar-refractivity contribution in [2.75, 3.05) is 56.6 Å². The van der Waals surface area contributed by atoms with Crippen molar-refractivity contribution >= 4 is 39.4 Å². The maximum absolute atomic E-state index is 12.5. The van der Waals surface area contributed by atoms with Crippen LogP contribution in [-0.2, 0) is 19.5 Å². The Morgan fingerprint density at radius 3 is 2.76 bits per heavy atom. The number of aliphatic hydroxyl groups excluding tert-OH is 1. The van der Waals surface area contributed by atoms with E-state index >= 15 is 0 Å². The number of aliphatic hydroxyl groups is 1. The van der Waals surface area contributed by atoms with Crippen LogP contribution in [0.3, 0.4) is 0 Å². The molecule has 3 aromatic rings. The minimum atomic E-state index is -1.40. The minimum Gasteiger partial charge on any atom is -0.440 e. The molecule has 1 fully saturated rings. The van der Waals surface area contributed by atoms with E-state index in [-0.39, 0.29) is 12.6 Å². The zero-order chi connectivity index (χ0) is 23.8. The van der Waals surface area contributed by atoms with Crippen molar-refractivity contribution in [3.05, 3.63) is 48.0 Å². The summed E-state index contributed by atoms with van der Waals surface area (Å²) < 4.78 is 22.2. The van der Waals surface area contributed by atoms with Gasteiger partial charge in [-0.2, -0.15) is 15.6 Å². The molecule has 2 aromatic heterocycles. The second kappa shape index (κ2) is 12.2. The van der Waals surface area contributed by atoms with Gasteiger partial charge in [0.25, 0.3) is 0 Å². The Morgan fingerprint density at radius 2 is 2.06 bits per heavy atom. The molecule has 182 valence electrons. The molecule has 3 heterocycles. The monoisotopic (exact) mass is 501 g/mol. The first-order valence-corrected chi connectivity index (χ1v) is 13.2. The first-order valence-electron chi connectivity index (χ1n) is 11.2. The number of hydrogen-bond donors (Lipinski definition) is 3. The molecular formula is C23H29N6O3S2-. The number of thiophene rings is 1. The van der Waals surface area contributed by atoms with Crippen LogP contribution in [0, 0.1) is 0 Å². The molecule has 0 bridgehead atoms. The third-order valence-electron chi connectivity index (χ3n) is 5.27. The fourth-order valence-electron chi connectivity index (χ4n) is 3.39. The van der Waals surface area contributed by atoms with E-state index in [1.54, 1.807) is 29.7 Å². The van der Waals surface area contributed by atoms with Gasteiger partial charge in [-0.3, -0.25) is 4.90 Å². The van der Waals surface area contributed by atoms with Gasteiger partial charge in [0.05, 0.1) is 25.4 Å². The van der Waals surface area contributed by atoms with E-state index in [0.29, 0.717) is 23.2 Å². The lowest BCUT2D eigenvalue weighted by Crippen LogP contribution is -2.37. The topological polar surface area (TPSA) is 112 Å². The van der Waals surface area contributed by atoms with Crippen molar-refractivity contribution in [1.82, 2.24) is 14.9 Å². The Bertz CT molecular complexity index is 1130. The molecule has 1 aromatic carbocycles. The smallest absolute Gasteiger partial charge is 0.229 e. The zero-order valence-electron chi connectivity index (χ0n) is 19.0. The standard InChI is InChI=1S/C23H29N6O3S2/c1-17(16-30)26-22-20(21-3-2-14-33-21)15-24-23(28-22)27-18-4-6-19(7-5-18)34(31)25-8-9-29-10-12-32-13-11-29/h2-7,14-15,17,30H,8-13,16H2,1H3,(H2,24,26,27,28)/q-1/t17-/m1/s1. The molecule has 1 aliphatic rings. The highest BCUT2D eigenvalue weighted by Crippen LogP contribution is 2.31. The first kappa shape index (κ1) is 24.6. The number of benzene rings is 1. The molecule has 0 aliphatic carbocycles. The van der Waals surface area contributed by atoms with Crippen LogP contribution in [0.25, 0.3) is 10.4 Å². The number of nitrogens with one attached hydrogen (secondary N) is 2. The fourth-order valence-corrected chi connectivity index (χ4v) is 4.89. The van der Waals surface area contributed by atoms with Crippen molar-refractivity contribution in [3.63, 3.8) is 0 Å². The molecule has 1 saturated heterocycles. The SMILES string of the molecule is C[C@H](CO)Nc1nc(Nc2ccc([S-](=O)=NCCN3CCOCC3)cc2)ncc1-c1cccs1. The van der Waals surface area contributed by atoms with Crippen LogP contribution in [0.4, 0.5) is 17.5 Å². The predicted molar refractivity (Wildman–Crippen MR) is 136 cm³/mol. The molecule has 3 N–H and O–H groups in total. The molecule has 0 saturated carbocycles. The van der Waals surface area contributed by atoms with Crippen LogP contribution < -0.4 is 10.6 Å². The van der Waals surface area contributed by atoms with E-state index in [1.807, 2.05) is 36.6 Å². The molecule has 1 aliphatic heterocycles. The quantitative estimate of drug-likeness (QED) is 0.362. The maximum atomic E-state index is 12.5. The lowest BCUT2D eigenvalue weighted by molar-refractivity contribution is 0.0395. The van der Waals surface area contributed by atoms with Gasteiger partial charge in [0.2, 0.25) is 5.95 Å². The average molecular weight is 502 g/mol. The van der Waals surface area contributed by atoms with Gasteiger partial charge in [0, 0.05) is 49.0 Å². The van der Waals surface area contributed by atoms with E-state index in [4.69, 9.17) is 4.74 Å². The van der Waals surface area contributed by atoms with Crippen LogP contribution in [0.15, 0.2) is 57.2 Å². The van der Waals surface area contributed by atoms with Gasteiger partial charge in [-0.1, -0.05) is 23.1 Å². The maximum Gasteiger partial charge on any atom is 0.229 e. The third kappa shape index (κ3) is 6.73. The molecule has 4 rings (SSSR count). The van der Waals surface area contributed by atoms with E-state index in [2.05, 4.69) is 29.9 Å². The van der Waals surface area contributed by atoms with Crippen molar-refractivity contribution in [3.8, 4) is 10.4 Å². The summed E-state index contributed by atoms with van der Waals surface area (Å²) in [6.45, 7) is 6.49. The van der Waals surface area contributed by atoms with Gasteiger partial charge in [-0.25, -0.2) is 4.98 Å². The summed E-state index contributed by atoms with van der Waals surface area (Å²) >= 11 is 1.60. The zero-order valence-corrected chi connectivity index (χ0v) is 20.6. The highest BCUT2D eigenvalue weighted by atomic mass is 32.2. The number of ether oxygens (including phenoxy) is 1. The summed E-state index contributed by atoms with van der Waals surface area (Å²) in [5.41, 5.74) is 1.66. The second-order valence-electron chi connectivity index (χ2n) is 7.87. The minimum absolute atomic E-state index is 0.00720. The van der Waals surface area contributed by atoms with Crippen molar-refractivity contribution in [2.24, 2.45) is 4.36 Å². The Kier molecular flexibility index (Phi) is 8.83. The van der Waals surface area contributed by atoms with Gasteiger partial charge < -0.3 is 29.0 Å². The predicted octanol–water partition coefficient (Wildman–Crippen LogP) is 3.58. The summed E-state index contributed by atoms with van der Waals surface area (Å²) in [4.78, 5) is 13.0. The largest absolute Gasteiger partial charge is 0.440 e. The van der Waals surface area contributed by atoms with Crippen LogP contribution >= 0.6 is 11.3 Å². The molecule has 11 heteroatoms. The summed E-state index contributed by atoms with van der Waals surface area (Å²) in [5.74, 6) is 1.08. The van der Waals surface area contributed by atoms with Gasteiger partial charge in [-0.05, 0) is 30.5 Å². The summed E-state index contributed by atoms with van der Waals surface area (Å²) in [6, 6.07) is 11.1. The van der Waals surface area contributed by atoms with Crippen LogP contribution in [0.2, 0.25) is 0 Å². The number of morpholine rings is 1. The number of aromatic nitrogens is 2. The van der Waals surface area contributed by atoms with Gasteiger partial charge in [0.15, 0.2) is 0 Å². The Morgan fingerprint density at radius 1 is 1.26 bits per heavy atom. The summed E-state index contributed by atoms with van der Waals surface area (Å²) in [6.07, 6.45) is 1.77. The van der Waals surface area contributed by atoms with Crippen LogP contribution in [-0.4, -0.2) is 72.0 Å². The Hall–Kier alpha value is -2.57. The number of anilines is 3. The van der Waals surface area contributed by atoms with Crippen molar-refractivity contribution in [1.29, 1.82) is 0 Å². The van der Waals surface area contributed by atoms with E-state index in [1.165, 1.54) is 0 Å². The molecule has 0 unspecified atom stereocenters. The van der Waals surface area contributed by atoms with Gasteiger partial charge >= 0.3 is 0 Å². The van der Waals surface area contributed by atoms with E-state index < -0.39 is 10.6 Å². The second-order valence-corrected chi connectivity index (χ2v) is 10.0. The van der Waals surface area contributed by atoms with Crippen molar-refractivity contribution in [2.45, 2.75) is 17.9 Å². The average Bonchev–Trinajstić information content (AvgIpc) is 3.40. The first-order chi connectivity index (χ1) is 16.6. The highest BCUT2D eigenvalue weighted by molar-refractivity contribution is 7.74.